The van der Waals surface area contributed by atoms with Crippen LogP contribution in [0.25, 0.3) is 16.9 Å². The van der Waals surface area contributed by atoms with Gasteiger partial charge in [0.05, 0.1) is 11.6 Å². The molecule has 0 spiro atoms. The van der Waals surface area contributed by atoms with Gasteiger partial charge in [-0.1, -0.05) is 18.2 Å². The van der Waals surface area contributed by atoms with Gasteiger partial charge in [0, 0.05) is 11.9 Å². The number of amides is 1. The number of aromatic nitrogens is 3. The van der Waals surface area contributed by atoms with Crippen LogP contribution < -0.4 is 5.32 Å². The molecule has 1 amide bonds. The molecular formula is C19H22N4O2. The summed E-state index contributed by atoms with van der Waals surface area (Å²) in [5.41, 5.74) is 1.94. The van der Waals surface area contributed by atoms with Crippen LogP contribution in [-0.4, -0.2) is 26.2 Å². The van der Waals surface area contributed by atoms with Gasteiger partial charge in [-0.25, -0.2) is 14.8 Å². The Morgan fingerprint density at radius 1 is 1.16 bits per heavy atom. The SMILES string of the molecule is CC(NC(=O)OC(C)(C)C)c1nc2ncccc2n1-c1ccccc1. The van der Waals surface area contributed by atoms with Gasteiger partial charge in [-0.15, -0.1) is 0 Å². The summed E-state index contributed by atoms with van der Waals surface area (Å²) in [6.45, 7) is 7.38. The number of nitrogens with one attached hydrogen (secondary N) is 1. The molecule has 3 rings (SSSR count). The average molecular weight is 338 g/mol. The molecule has 0 radical (unpaired) electrons. The average Bonchev–Trinajstić information content (AvgIpc) is 2.93. The second kappa shape index (κ2) is 6.55. The Bertz CT molecular complexity index is 881. The van der Waals surface area contributed by atoms with Crippen LogP contribution in [0.2, 0.25) is 0 Å². The number of para-hydroxylation sites is 1. The van der Waals surface area contributed by atoms with Crippen LogP contribution in [0.15, 0.2) is 48.7 Å². The van der Waals surface area contributed by atoms with Crippen molar-refractivity contribution in [2.75, 3.05) is 0 Å². The normalized spacial score (nSPS) is 12.8. The summed E-state index contributed by atoms with van der Waals surface area (Å²) < 4.78 is 7.35. The maximum atomic E-state index is 12.1. The van der Waals surface area contributed by atoms with Gasteiger partial charge in [0.25, 0.3) is 0 Å². The molecule has 0 bridgehead atoms. The van der Waals surface area contributed by atoms with Gasteiger partial charge in [-0.2, -0.15) is 0 Å². The van der Waals surface area contributed by atoms with Crippen molar-refractivity contribution < 1.29 is 9.53 Å². The number of fused-ring (bicyclic) bond motifs is 1. The number of pyridine rings is 1. The second-order valence-electron chi connectivity index (χ2n) is 6.86. The molecule has 130 valence electrons. The molecular weight excluding hydrogens is 316 g/mol. The molecule has 1 aromatic carbocycles. The third-order valence-electron chi connectivity index (χ3n) is 3.59. The molecule has 1 atom stereocenters. The first kappa shape index (κ1) is 17.0. The predicted molar refractivity (Wildman–Crippen MR) is 96.6 cm³/mol. The Labute approximate surface area is 146 Å². The van der Waals surface area contributed by atoms with Gasteiger partial charge < -0.3 is 10.1 Å². The van der Waals surface area contributed by atoms with Crippen LogP contribution in [0.1, 0.15) is 39.6 Å². The highest BCUT2D eigenvalue weighted by molar-refractivity contribution is 5.75. The van der Waals surface area contributed by atoms with Crippen LogP contribution in [0, 0.1) is 0 Å². The molecule has 0 saturated heterocycles. The fraction of sp³-hybridized carbons (Fsp3) is 0.316. The van der Waals surface area contributed by atoms with E-state index in [1.165, 1.54) is 0 Å². The van der Waals surface area contributed by atoms with Crippen molar-refractivity contribution in [2.45, 2.75) is 39.3 Å². The van der Waals surface area contributed by atoms with E-state index in [9.17, 15) is 4.79 Å². The fourth-order valence-electron chi connectivity index (χ4n) is 2.62. The minimum absolute atomic E-state index is 0.343. The van der Waals surface area contributed by atoms with Crippen molar-refractivity contribution in [1.29, 1.82) is 0 Å². The van der Waals surface area contributed by atoms with Gasteiger partial charge >= 0.3 is 6.09 Å². The number of rotatable bonds is 3. The van der Waals surface area contributed by atoms with Crippen molar-refractivity contribution in [3.63, 3.8) is 0 Å². The van der Waals surface area contributed by atoms with Crippen LogP contribution in [-0.2, 0) is 4.74 Å². The van der Waals surface area contributed by atoms with Crippen LogP contribution >= 0.6 is 0 Å². The molecule has 0 aliphatic heterocycles. The Morgan fingerprint density at radius 3 is 2.56 bits per heavy atom. The van der Waals surface area contributed by atoms with E-state index in [1.54, 1.807) is 6.20 Å². The first-order valence-corrected chi connectivity index (χ1v) is 8.23. The lowest BCUT2D eigenvalue weighted by molar-refractivity contribution is 0.0505. The summed E-state index contributed by atoms with van der Waals surface area (Å²) in [5.74, 6) is 0.700. The summed E-state index contributed by atoms with van der Waals surface area (Å²) in [5, 5.41) is 2.85. The highest BCUT2D eigenvalue weighted by Gasteiger charge is 2.23. The van der Waals surface area contributed by atoms with Crippen molar-refractivity contribution in [2.24, 2.45) is 0 Å². The maximum absolute atomic E-state index is 12.1. The summed E-state index contributed by atoms with van der Waals surface area (Å²) in [6, 6.07) is 13.4. The minimum Gasteiger partial charge on any atom is -0.444 e. The van der Waals surface area contributed by atoms with Crippen molar-refractivity contribution in [3.8, 4) is 5.69 Å². The largest absolute Gasteiger partial charge is 0.444 e. The van der Waals surface area contributed by atoms with E-state index >= 15 is 0 Å². The molecule has 2 heterocycles. The van der Waals surface area contributed by atoms with Crippen molar-refractivity contribution in [1.82, 2.24) is 19.9 Å². The smallest absolute Gasteiger partial charge is 0.408 e. The Morgan fingerprint density at radius 2 is 1.88 bits per heavy atom. The second-order valence-corrected chi connectivity index (χ2v) is 6.86. The van der Waals surface area contributed by atoms with Gasteiger partial charge in [0.1, 0.15) is 11.4 Å². The third-order valence-corrected chi connectivity index (χ3v) is 3.59. The zero-order chi connectivity index (χ0) is 18.0. The lowest BCUT2D eigenvalue weighted by atomic mass is 10.2. The summed E-state index contributed by atoms with van der Waals surface area (Å²) >= 11 is 0. The number of ether oxygens (including phenoxy) is 1. The predicted octanol–water partition coefficient (Wildman–Crippen LogP) is 4.01. The summed E-state index contributed by atoms with van der Waals surface area (Å²) in [4.78, 5) is 21.1. The number of alkyl carbamates (subject to hydrolysis) is 1. The van der Waals surface area contributed by atoms with Crippen molar-refractivity contribution >= 4 is 17.3 Å². The number of hydrogen-bond acceptors (Lipinski definition) is 4. The van der Waals surface area contributed by atoms with Gasteiger partial charge in [0.2, 0.25) is 0 Å². The Kier molecular flexibility index (Phi) is 4.44. The van der Waals surface area contributed by atoms with Gasteiger partial charge in [-0.05, 0) is 52.0 Å². The molecule has 0 fully saturated rings. The maximum Gasteiger partial charge on any atom is 0.408 e. The molecule has 0 aliphatic carbocycles. The number of carbonyl (C=O) groups is 1. The van der Waals surface area contributed by atoms with Crippen LogP contribution in [0.3, 0.4) is 0 Å². The van der Waals surface area contributed by atoms with E-state index in [4.69, 9.17) is 4.74 Å². The Hall–Kier alpha value is -2.89. The molecule has 1 unspecified atom stereocenters. The molecule has 6 nitrogen and oxygen atoms in total. The highest BCUT2D eigenvalue weighted by atomic mass is 16.6. The third kappa shape index (κ3) is 3.79. The first-order chi connectivity index (χ1) is 11.8. The highest BCUT2D eigenvalue weighted by Crippen LogP contribution is 2.24. The summed E-state index contributed by atoms with van der Waals surface area (Å²) in [6.07, 6.45) is 1.24. The molecule has 6 heteroatoms. The molecule has 2 aromatic heterocycles. The van der Waals surface area contributed by atoms with Crippen LogP contribution in [0.4, 0.5) is 4.79 Å². The van der Waals surface area contributed by atoms with E-state index in [2.05, 4.69) is 15.3 Å². The molecule has 0 aliphatic rings. The van der Waals surface area contributed by atoms with E-state index in [1.807, 2.05) is 74.7 Å². The van der Waals surface area contributed by atoms with Gasteiger partial charge in [-0.3, -0.25) is 4.57 Å². The standard InChI is InChI=1S/C19H22N4O2/c1-13(21-18(24)25-19(2,3)4)17-22-16-15(11-8-12-20-16)23(17)14-9-6-5-7-10-14/h5-13H,1-4H3,(H,21,24). The number of nitrogens with zero attached hydrogens (tertiary/aromatic N) is 3. The zero-order valence-corrected chi connectivity index (χ0v) is 14.9. The quantitative estimate of drug-likeness (QED) is 0.783. The van der Waals surface area contributed by atoms with E-state index < -0.39 is 11.7 Å². The minimum atomic E-state index is -0.551. The molecule has 3 aromatic rings. The van der Waals surface area contributed by atoms with E-state index in [-0.39, 0.29) is 6.04 Å². The van der Waals surface area contributed by atoms with Crippen LogP contribution in [0.5, 0.6) is 0 Å². The lowest BCUT2D eigenvalue weighted by Crippen LogP contribution is -2.34. The number of hydrogen-bond donors (Lipinski definition) is 1. The summed E-state index contributed by atoms with van der Waals surface area (Å²) in [7, 11) is 0. The van der Waals surface area contributed by atoms with Crippen molar-refractivity contribution in [3.05, 3.63) is 54.5 Å². The molecule has 25 heavy (non-hydrogen) atoms. The molecule has 0 saturated carbocycles. The lowest BCUT2D eigenvalue weighted by Gasteiger charge is -2.22. The monoisotopic (exact) mass is 338 g/mol. The van der Waals surface area contributed by atoms with Gasteiger partial charge in [0.15, 0.2) is 5.65 Å². The fourth-order valence-corrected chi connectivity index (χ4v) is 2.62. The topological polar surface area (TPSA) is 69.0 Å². The zero-order valence-electron chi connectivity index (χ0n) is 14.9. The Balaban J connectivity index is 2.00. The number of carbonyl (C=O) groups excluding carboxylic acids is 1. The van der Waals surface area contributed by atoms with E-state index in [0.717, 1.165) is 11.2 Å². The number of benzene rings is 1. The number of imidazole rings is 1. The first-order valence-electron chi connectivity index (χ1n) is 8.23. The molecule has 1 N–H and O–H groups in total. The van der Waals surface area contributed by atoms with E-state index in [0.29, 0.717) is 11.5 Å².